The highest BCUT2D eigenvalue weighted by atomic mass is 35.5. The van der Waals surface area contributed by atoms with Crippen LogP contribution in [0.3, 0.4) is 0 Å². The first-order valence-corrected chi connectivity index (χ1v) is 8.64. The van der Waals surface area contributed by atoms with Crippen molar-refractivity contribution in [3.05, 3.63) is 57.6 Å². The second-order valence-corrected chi connectivity index (χ2v) is 6.26. The lowest BCUT2D eigenvalue weighted by Gasteiger charge is -2.16. The van der Waals surface area contributed by atoms with E-state index in [2.05, 4.69) is 38.2 Å². The van der Waals surface area contributed by atoms with E-state index in [9.17, 15) is 4.79 Å². The molecule has 2 rings (SSSR count). The van der Waals surface area contributed by atoms with E-state index in [1.54, 1.807) is 0 Å². The Hall–Kier alpha value is -2.00. The van der Waals surface area contributed by atoms with Crippen LogP contribution in [0, 0.1) is 13.8 Å². The van der Waals surface area contributed by atoms with Crippen LogP contribution in [0.1, 0.15) is 42.5 Å². The van der Waals surface area contributed by atoms with Crippen LogP contribution >= 0.6 is 11.6 Å². The van der Waals surface area contributed by atoms with Gasteiger partial charge in [-0.05, 0) is 55.2 Å². The quantitative estimate of drug-likeness (QED) is 0.756. The average molecular weight is 346 g/mol. The smallest absolute Gasteiger partial charge is 0.224 e. The molecule has 2 aromatic rings. The summed E-state index contributed by atoms with van der Waals surface area (Å²) in [6.07, 6.45) is 1.32. The minimum absolute atomic E-state index is 0.0426. The third kappa shape index (κ3) is 4.30. The number of carbonyl (C=O) groups excluding carboxylic acids is 1. The van der Waals surface area contributed by atoms with Crippen LogP contribution in [0.5, 0.6) is 5.75 Å². The van der Waals surface area contributed by atoms with E-state index in [0.29, 0.717) is 23.7 Å². The minimum Gasteiger partial charge on any atom is -0.488 e. The van der Waals surface area contributed by atoms with Gasteiger partial charge in [-0.2, -0.15) is 0 Å². The van der Waals surface area contributed by atoms with E-state index in [0.717, 1.165) is 17.7 Å². The van der Waals surface area contributed by atoms with Crippen molar-refractivity contribution < 1.29 is 9.53 Å². The first-order valence-electron chi connectivity index (χ1n) is 8.26. The summed E-state index contributed by atoms with van der Waals surface area (Å²) in [6.45, 7) is 8.42. The molecule has 0 aliphatic rings. The number of nitrogens with one attached hydrogen (secondary N) is 1. The Kier molecular flexibility index (Phi) is 6.27. The number of halogens is 1. The van der Waals surface area contributed by atoms with Crippen molar-refractivity contribution in [1.82, 2.24) is 0 Å². The van der Waals surface area contributed by atoms with Crippen LogP contribution in [0.25, 0.3) is 0 Å². The zero-order valence-corrected chi connectivity index (χ0v) is 15.5. The van der Waals surface area contributed by atoms with Gasteiger partial charge in [-0.1, -0.05) is 37.6 Å². The fraction of sp³-hybridized carbons (Fsp3) is 0.350. The molecule has 1 amide bonds. The lowest BCUT2D eigenvalue weighted by Crippen LogP contribution is -2.12. The summed E-state index contributed by atoms with van der Waals surface area (Å²) >= 11 is 6.32. The highest BCUT2D eigenvalue weighted by Crippen LogP contribution is 2.29. The highest BCUT2D eigenvalue weighted by molar-refractivity contribution is 6.31. The fourth-order valence-electron chi connectivity index (χ4n) is 2.47. The molecule has 0 aliphatic heterocycles. The number of anilines is 1. The number of rotatable bonds is 6. The maximum absolute atomic E-state index is 11.7. The zero-order chi connectivity index (χ0) is 17.7. The molecule has 24 heavy (non-hydrogen) atoms. The molecule has 0 radical (unpaired) electrons. The summed E-state index contributed by atoms with van der Waals surface area (Å²) in [6, 6.07) is 9.71. The molecule has 0 atom stereocenters. The number of ether oxygens (including phenoxy) is 1. The van der Waals surface area contributed by atoms with E-state index in [4.69, 9.17) is 16.3 Å². The van der Waals surface area contributed by atoms with Gasteiger partial charge in [0.15, 0.2) is 0 Å². The maximum atomic E-state index is 11.7. The monoisotopic (exact) mass is 345 g/mol. The summed E-state index contributed by atoms with van der Waals surface area (Å²) < 4.78 is 6.05. The molecule has 0 aromatic heterocycles. The molecule has 0 saturated heterocycles. The Morgan fingerprint density at radius 1 is 1.17 bits per heavy atom. The molecule has 0 saturated carbocycles. The molecule has 0 aliphatic carbocycles. The Labute approximate surface area is 149 Å². The van der Waals surface area contributed by atoms with Gasteiger partial charge in [0.05, 0.1) is 0 Å². The third-order valence-electron chi connectivity index (χ3n) is 4.14. The first-order chi connectivity index (χ1) is 11.5. The van der Waals surface area contributed by atoms with Gasteiger partial charge < -0.3 is 10.1 Å². The molecule has 0 heterocycles. The van der Waals surface area contributed by atoms with E-state index >= 15 is 0 Å². The average Bonchev–Trinajstić information content (AvgIpc) is 2.56. The summed E-state index contributed by atoms with van der Waals surface area (Å²) in [5.74, 6) is 0.826. The number of amides is 1. The summed E-state index contributed by atoms with van der Waals surface area (Å²) in [7, 11) is 0. The second-order valence-electron chi connectivity index (χ2n) is 5.85. The lowest BCUT2D eigenvalue weighted by atomic mass is 10.0. The van der Waals surface area contributed by atoms with E-state index in [-0.39, 0.29) is 5.91 Å². The molecular formula is C20H24ClNO2. The maximum Gasteiger partial charge on any atom is 0.224 e. The molecule has 1 N–H and O–H groups in total. The van der Waals surface area contributed by atoms with Crippen molar-refractivity contribution in [1.29, 1.82) is 0 Å². The van der Waals surface area contributed by atoms with Gasteiger partial charge in [-0.25, -0.2) is 0 Å². The molecule has 0 spiro atoms. The fourth-order valence-corrected chi connectivity index (χ4v) is 2.70. The van der Waals surface area contributed by atoms with Gasteiger partial charge in [-0.3, -0.25) is 4.79 Å². The van der Waals surface area contributed by atoms with Crippen LogP contribution < -0.4 is 10.1 Å². The predicted octanol–water partition coefficient (Wildman–Crippen LogP) is 5.45. The van der Waals surface area contributed by atoms with E-state index < -0.39 is 0 Å². The predicted molar refractivity (Wildman–Crippen MR) is 100.0 cm³/mol. The largest absolute Gasteiger partial charge is 0.488 e. The summed E-state index contributed by atoms with van der Waals surface area (Å²) in [4.78, 5) is 11.7. The number of hydrogen-bond donors (Lipinski definition) is 1. The number of carbonyl (C=O) groups is 1. The lowest BCUT2D eigenvalue weighted by molar-refractivity contribution is -0.115. The second kappa shape index (κ2) is 8.20. The molecular weight excluding hydrogens is 322 g/mol. The van der Waals surface area contributed by atoms with Gasteiger partial charge >= 0.3 is 0 Å². The van der Waals surface area contributed by atoms with Gasteiger partial charge in [0.2, 0.25) is 5.91 Å². The van der Waals surface area contributed by atoms with Gasteiger partial charge in [0, 0.05) is 22.7 Å². The van der Waals surface area contributed by atoms with Gasteiger partial charge in [0.25, 0.3) is 0 Å². The normalized spacial score (nSPS) is 10.5. The molecule has 3 nitrogen and oxygen atoms in total. The van der Waals surface area contributed by atoms with Crippen molar-refractivity contribution in [2.75, 3.05) is 5.32 Å². The van der Waals surface area contributed by atoms with E-state index in [1.165, 1.54) is 16.7 Å². The van der Waals surface area contributed by atoms with Gasteiger partial charge in [-0.15, -0.1) is 0 Å². The Balaban J connectivity index is 2.26. The van der Waals surface area contributed by atoms with Crippen molar-refractivity contribution in [2.24, 2.45) is 0 Å². The first kappa shape index (κ1) is 18.3. The molecule has 0 fully saturated rings. The molecule has 0 unspecified atom stereocenters. The van der Waals surface area contributed by atoms with Crippen LogP contribution in [0.2, 0.25) is 5.02 Å². The third-order valence-corrected chi connectivity index (χ3v) is 4.50. The van der Waals surface area contributed by atoms with Crippen LogP contribution in [0.4, 0.5) is 5.69 Å². The molecule has 128 valence electrons. The van der Waals surface area contributed by atoms with Crippen LogP contribution in [-0.4, -0.2) is 5.91 Å². The van der Waals surface area contributed by atoms with Crippen molar-refractivity contribution in [2.45, 2.75) is 47.1 Å². The van der Waals surface area contributed by atoms with Crippen molar-refractivity contribution in [3.8, 4) is 5.75 Å². The zero-order valence-electron chi connectivity index (χ0n) is 14.7. The molecule has 4 heteroatoms. The standard InChI is InChI=1S/C20H24ClNO2/c1-5-15-10-13(3)14(4)11-19(15)24-12-16-17(21)8-7-9-18(16)22-20(23)6-2/h7-11H,5-6,12H2,1-4H3,(H,22,23). The summed E-state index contributed by atoms with van der Waals surface area (Å²) in [5, 5.41) is 3.47. The van der Waals surface area contributed by atoms with Gasteiger partial charge in [0.1, 0.15) is 12.4 Å². The highest BCUT2D eigenvalue weighted by Gasteiger charge is 2.12. The van der Waals surface area contributed by atoms with Crippen molar-refractivity contribution >= 4 is 23.2 Å². The van der Waals surface area contributed by atoms with Crippen molar-refractivity contribution in [3.63, 3.8) is 0 Å². The topological polar surface area (TPSA) is 38.3 Å². The van der Waals surface area contributed by atoms with Crippen LogP contribution in [0.15, 0.2) is 30.3 Å². The summed E-state index contributed by atoms with van der Waals surface area (Å²) in [5.41, 5.74) is 5.12. The SMILES string of the molecule is CCC(=O)Nc1cccc(Cl)c1COc1cc(C)c(C)cc1CC. The molecule has 0 bridgehead atoms. The number of hydrogen-bond acceptors (Lipinski definition) is 2. The Bertz CT molecular complexity index is 741. The Morgan fingerprint density at radius 3 is 2.54 bits per heavy atom. The van der Waals surface area contributed by atoms with E-state index in [1.807, 2.05) is 25.1 Å². The molecule has 2 aromatic carbocycles. The Morgan fingerprint density at radius 2 is 1.88 bits per heavy atom. The number of benzene rings is 2. The number of aryl methyl sites for hydroxylation is 3. The minimum atomic E-state index is -0.0426. The van der Waals surface area contributed by atoms with Crippen LogP contribution in [-0.2, 0) is 17.8 Å².